The Bertz CT molecular complexity index is 466. The number of amides is 1. The molecule has 0 radical (unpaired) electrons. The Hall–Kier alpha value is -1.75. The third-order valence-electron chi connectivity index (χ3n) is 4.15. The summed E-state index contributed by atoms with van der Waals surface area (Å²) >= 11 is 0. The van der Waals surface area contributed by atoms with Crippen molar-refractivity contribution in [3.8, 4) is 0 Å². The van der Waals surface area contributed by atoms with Crippen molar-refractivity contribution in [2.45, 2.75) is 25.7 Å². The molecule has 1 aliphatic heterocycles. The van der Waals surface area contributed by atoms with Gasteiger partial charge < -0.3 is 20.4 Å². The highest BCUT2D eigenvalue weighted by Crippen LogP contribution is 2.21. The zero-order chi connectivity index (χ0) is 16.5. The monoisotopic (exact) mass is 318 g/mol. The minimum absolute atomic E-state index is 0.101. The number of hydrogen-bond donors (Lipinski definition) is 2. The quantitative estimate of drug-likeness (QED) is 0.771. The maximum absolute atomic E-state index is 11.7. The molecular formula is C18H30N4O. The van der Waals surface area contributed by atoms with Crippen molar-refractivity contribution in [3.05, 3.63) is 24.3 Å². The first kappa shape index (κ1) is 17.6. The summed E-state index contributed by atoms with van der Waals surface area (Å²) in [7, 11) is 4.00. The largest absolute Gasteiger partial charge is 0.385 e. The van der Waals surface area contributed by atoms with Gasteiger partial charge in [-0.15, -0.1) is 0 Å². The number of nitrogens with zero attached hydrogens (tertiary/aromatic N) is 2. The van der Waals surface area contributed by atoms with Crippen molar-refractivity contribution in [1.29, 1.82) is 0 Å². The maximum Gasteiger partial charge on any atom is 0.221 e. The van der Waals surface area contributed by atoms with E-state index in [2.05, 4.69) is 44.7 Å². The van der Waals surface area contributed by atoms with Crippen LogP contribution in [0, 0.1) is 0 Å². The van der Waals surface area contributed by atoms with E-state index in [-0.39, 0.29) is 5.91 Å². The summed E-state index contributed by atoms with van der Waals surface area (Å²) in [5.41, 5.74) is 2.38. The predicted octanol–water partition coefficient (Wildman–Crippen LogP) is 2.16. The Kier molecular flexibility index (Phi) is 7.20. The van der Waals surface area contributed by atoms with Gasteiger partial charge in [0.2, 0.25) is 5.91 Å². The molecule has 23 heavy (non-hydrogen) atoms. The zero-order valence-electron chi connectivity index (χ0n) is 14.5. The molecule has 0 atom stereocenters. The molecule has 1 aliphatic rings. The molecule has 0 aliphatic carbocycles. The molecule has 5 nitrogen and oxygen atoms in total. The van der Waals surface area contributed by atoms with Crippen LogP contribution in [0.15, 0.2) is 24.3 Å². The topological polar surface area (TPSA) is 47.6 Å². The van der Waals surface area contributed by atoms with Gasteiger partial charge in [0, 0.05) is 50.5 Å². The van der Waals surface area contributed by atoms with E-state index in [0.717, 1.165) is 12.2 Å². The Balaban J connectivity index is 1.66. The summed E-state index contributed by atoms with van der Waals surface area (Å²) in [5, 5.41) is 6.24. The standard InChI is InChI=1S/C18H30N4O/c1-21(2)15-12-20-18(23)10-11-19-16-6-8-17(9-7-16)22-13-4-3-5-14-22/h6-9,19H,3-5,10-15H2,1-2H3,(H,20,23). The molecule has 1 saturated heterocycles. The van der Waals surface area contributed by atoms with Crippen LogP contribution in [0.1, 0.15) is 25.7 Å². The molecule has 2 rings (SSSR count). The fraction of sp³-hybridized carbons (Fsp3) is 0.611. The van der Waals surface area contributed by atoms with Gasteiger partial charge in [0.1, 0.15) is 0 Å². The molecule has 1 aromatic rings. The van der Waals surface area contributed by atoms with Crippen LogP contribution in [0.25, 0.3) is 0 Å². The first-order valence-corrected chi connectivity index (χ1v) is 8.65. The number of piperidine rings is 1. The van der Waals surface area contributed by atoms with Crippen molar-refractivity contribution in [2.75, 3.05) is 57.0 Å². The summed E-state index contributed by atoms with van der Waals surface area (Å²) < 4.78 is 0. The maximum atomic E-state index is 11.7. The van der Waals surface area contributed by atoms with Gasteiger partial charge in [-0.3, -0.25) is 4.79 Å². The van der Waals surface area contributed by atoms with Crippen molar-refractivity contribution >= 4 is 17.3 Å². The minimum atomic E-state index is 0.101. The molecule has 5 heteroatoms. The van der Waals surface area contributed by atoms with E-state index in [0.29, 0.717) is 19.5 Å². The molecule has 2 N–H and O–H groups in total. The molecule has 0 saturated carbocycles. The molecule has 0 bridgehead atoms. The Labute approximate surface area is 140 Å². The second-order valence-electron chi connectivity index (χ2n) is 6.42. The van der Waals surface area contributed by atoms with E-state index < -0.39 is 0 Å². The van der Waals surface area contributed by atoms with Crippen molar-refractivity contribution < 1.29 is 4.79 Å². The van der Waals surface area contributed by atoms with Gasteiger partial charge in [-0.25, -0.2) is 0 Å². The van der Waals surface area contributed by atoms with Gasteiger partial charge in [-0.2, -0.15) is 0 Å². The van der Waals surface area contributed by atoms with E-state index in [1.165, 1.54) is 38.0 Å². The lowest BCUT2D eigenvalue weighted by atomic mass is 10.1. The van der Waals surface area contributed by atoms with Crippen LogP contribution in [-0.2, 0) is 4.79 Å². The van der Waals surface area contributed by atoms with Gasteiger partial charge >= 0.3 is 0 Å². The molecule has 1 amide bonds. The molecule has 128 valence electrons. The van der Waals surface area contributed by atoms with Crippen molar-refractivity contribution in [1.82, 2.24) is 10.2 Å². The van der Waals surface area contributed by atoms with Gasteiger partial charge in [0.25, 0.3) is 0 Å². The van der Waals surface area contributed by atoms with E-state index in [4.69, 9.17) is 0 Å². The second-order valence-corrected chi connectivity index (χ2v) is 6.42. The SMILES string of the molecule is CN(C)CCNC(=O)CCNc1ccc(N2CCCCC2)cc1. The van der Waals surface area contributed by atoms with Crippen LogP contribution < -0.4 is 15.5 Å². The second kappa shape index (κ2) is 9.40. The third-order valence-corrected chi connectivity index (χ3v) is 4.15. The average Bonchev–Trinajstić information content (AvgIpc) is 2.56. The van der Waals surface area contributed by atoms with Crippen LogP contribution in [0.5, 0.6) is 0 Å². The van der Waals surface area contributed by atoms with E-state index in [9.17, 15) is 4.79 Å². The van der Waals surface area contributed by atoms with Crippen LogP contribution >= 0.6 is 0 Å². The fourth-order valence-electron chi connectivity index (χ4n) is 2.77. The molecule has 1 heterocycles. The number of benzene rings is 1. The summed E-state index contributed by atoms with van der Waals surface area (Å²) in [4.78, 5) is 16.2. The first-order valence-electron chi connectivity index (χ1n) is 8.65. The lowest BCUT2D eigenvalue weighted by Gasteiger charge is -2.28. The third kappa shape index (κ3) is 6.48. The fourth-order valence-corrected chi connectivity index (χ4v) is 2.77. The lowest BCUT2D eigenvalue weighted by Crippen LogP contribution is -2.32. The smallest absolute Gasteiger partial charge is 0.221 e. The van der Waals surface area contributed by atoms with Gasteiger partial charge in [0.05, 0.1) is 0 Å². The zero-order valence-corrected chi connectivity index (χ0v) is 14.5. The summed E-state index contributed by atoms with van der Waals surface area (Å²) in [6.07, 6.45) is 4.44. The lowest BCUT2D eigenvalue weighted by molar-refractivity contribution is -0.120. The summed E-state index contributed by atoms with van der Waals surface area (Å²) in [6.45, 7) is 4.57. The van der Waals surface area contributed by atoms with E-state index in [1.807, 2.05) is 14.1 Å². The Morgan fingerprint density at radius 2 is 1.78 bits per heavy atom. The van der Waals surface area contributed by atoms with E-state index >= 15 is 0 Å². The number of hydrogen-bond acceptors (Lipinski definition) is 4. The normalized spacial score (nSPS) is 14.8. The summed E-state index contributed by atoms with van der Waals surface area (Å²) in [6, 6.07) is 8.55. The van der Waals surface area contributed by atoms with Crippen LogP contribution in [-0.4, -0.2) is 57.6 Å². The number of carbonyl (C=O) groups excluding carboxylic acids is 1. The van der Waals surface area contributed by atoms with E-state index in [1.54, 1.807) is 0 Å². The highest BCUT2D eigenvalue weighted by molar-refractivity contribution is 5.76. The molecule has 0 spiro atoms. The average molecular weight is 318 g/mol. The van der Waals surface area contributed by atoms with Crippen LogP contribution in [0.4, 0.5) is 11.4 Å². The highest BCUT2D eigenvalue weighted by Gasteiger charge is 2.10. The number of rotatable bonds is 8. The molecule has 1 fully saturated rings. The Morgan fingerprint density at radius 1 is 1.09 bits per heavy atom. The number of likely N-dealkylation sites (N-methyl/N-ethyl adjacent to an activating group) is 1. The molecule has 0 aromatic heterocycles. The first-order chi connectivity index (χ1) is 11.1. The molecular weight excluding hydrogens is 288 g/mol. The molecule has 0 unspecified atom stereocenters. The van der Waals surface area contributed by atoms with Crippen molar-refractivity contribution in [3.63, 3.8) is 0 Å². The number of anilines is 2. The van der Waals surface area contributed by atoms with Gasteiger partial charge in [0.15, 0.2) is 0 Å². The highest BCUT2D eigenvalue weighted by atomic mass is 16.1. The van der Waals surface area contributed by atoms with Crippen LogP contribution in [0.3, 0.4) is 0 Å². The van der Waals surface area contributed by atoms with Crippen LogP contribution in [0.2, 0.25) is 0 Å². The van der Waals surface area contributed by atoms with Gasteiger partial charge in [-0.1, -0.05) is 0 Å². The van der Waals surface area contributed by atoms with Gasteiger partial charge in [-0.05, 0) is 57.6 Å². The molecule has 1 aromatic carbocycles. The number of nitrogens with one attached hydrogen (secondary N) is 2. The summed E-state index contributed by atoms with van der Waals surface area (Å²) in [5.74, 6) is 0.101. The Morgan fingerprint density at radius 3 is 2.43 bits per heavy atom. The number of carbonyl (C=O) groups is 1. The predicted molar refractivity (Wildman–Crippen MR) is 97.2 cm³/mol. The minimum Gasteiger partial charge on any atom is -0.385 e. The van der Waals surface area contributed by atoms with Crippen molar-refractivity contribution in [2.24, 2.45) is 0 Å².